The molecule has 0 saturated heterocycles. The monoisotopic (exact) mass is 405 g/mol. The molecule has 3 rings (SSSR count). The zero-order chi connectivity index (χ0) is 20.6. The number of benzene rings is 3. The minimum atomic E-state index is -0.400. The summed E-state index contributed by atoms with van der Waals surface area (Å²) in [5, 5.41) is 2.89. The van der Waals surface area contributed by atoms with E-state index in [1.807, 2.05) is 49.4 Å². The van der Waals surface area contributed by atoms with Crippen LogP contribution in [0.5, 0.6) is 0 Å². The number of carbonyl (C=O) groups is 2. The lowest BCUT2D eigenvalue weighted by atomic mass is 10.1. The van der Waals surface area contributed by atoms with E-state index >= 15 is 0 Å². The van der Waals surface area contributed by atoms with Crippen molar-refractivity contribution >= 4 is 29.3 Å². The molecule has 3 aromatic carbocycles. The topological polar surface area (TPSA) is 55.4 Å². The molecule has 0 radical (unpaired) electrons. The molecule has 0 aliphatic rings. The number of amides is 1. The second kappa shape index (κ2) is 9.94. The summed E-state index contributed by atoms with van der Waals surface area (Å²) in [6.07, 6.45) is 0. The molecule has 5 heteroatoms. The van der Waals surface area contributed by atoms with Crippen molar-refractivity contribution in [1.29, 1.82) is 0 Å². The van der Waals surface area contributed by atoms with Crippen LogP contribution in [0, 0.1) is 6.92 Å². The van der Waals surface area contributed by atoms with Crippen LogP contribution in [-0.4, -0.2) is 18.5 Å². The van der Waals surface area contributed by atoms with Crippen molar-refractivity contribution in [2.45, 2.75) is 24.5 Å². The van der Waals surface area contributed by atoms with Gasteiger partial charge in [-0.05, 0) is 61.4 Å². The number of rotatable bonds is 7. The third-order valence-corrected chi connectivity index (χ3v) is 5.44. The second-order valence-electron chi connectivity index (χ2n) is 6.50. The second-order valence-corrected chi connectivity index (χ2v) is 7.55. The van der Waals surface area contributed by atoms with E-state index in [-0.39, 0.29) is 5.91 Å². The third-order valence-electron chi connectivity index (χ3n) is 4.36. The lowest BCUT2D eigenvalue weighted by Gasteiger charge is -2.11. The Morgan fingerprint density at radius 3 is 2.31 bits per heavy atom. The highest BCUT2D eigenvalue weighted by Crippen LogP contribution is 2.23. The van der Waals surface area contributed by atoms with Gasteiger partial charge in [0.25, 0.3) is 5.91 Å². The van der Waals surface area contributed by atoms with Crippen molar-refractivity contribution < 1.29 is 14.3 Å². The molecular formula is C24H23NO3S. The largest absolute Gasteiger partial charge is 0.462 e. The van der Waals surface area contributed by atoms with E-state index in [9.17, 15) is 9.59 Å². The number of anilines is 1. The lowest BCUT2D eigenvalue weighted by Crippen LogP contribution is -2.14. The summed E-state index contributed by atoms with van der Waals surface area (Å²) in [5.41, 5.74) is 3.61. The summed E-state index contributed by atoms with van der Waals surface area (Å²) < 4.78 is 5.03. The van der Waals surface area contributed by atoms with Crippen LogP contribution in [0.3, 0.4) is 0 Å². The van der Waals surface area contributed by atoms with Gasteiger partial charge in [-0.2, -0.15) is 0 Å². The smallest absolute Gasteiger partial charge is 0.338 e. The van der Waals surface area contributed by atoms with Crippen molar-refractivity contribution in [3.8, 4) is 0 Å². The van der Waals surface area contributed by atoms with Gasteiger partial charge in [0.2, 0.25) is 0 Å². The molecular weight excluding hydrogens is 382 g/mol. The minimum Gasteiger partial charge on any atom is -0.462 e. The summed E-state index contributed by atoms with van der Waals surface area (Å²) in [6, 6.07) is 22.9. The van der Waals surface area contributed by atoms with Crippen LogP contribution in [0.4, 0.5) is 5.69 Å². The van der Waals surface area contributed by atoms with Crippen LogP contribution in [0.2, 0.25) is 0 Å². The van der Waals surface area contributed by atoms with E-state index < -0.39 is 5.97 Å². The maximum atomic E-state index is 12.6. The molecule has 1 amide bonds. The van der Waals surface area contributed by atoms with Crippen LogP contribution >= 0.6 is 11.8 Å². The Labute approximate surface area is 175 Å². The normalized spacial score (nSPS) is 10.4. The lowest BCUT2D eigenvalue weighted by molar-refractivity contribution is 0.0526. The van der Waals surface area contributed by atoms with E-state index in [2.05, 4.69) is 17.4 Å². The highest BCUT2D eigenvalue weighted by Gasteiger charge is 2.12. The van der Waals surface area contributed by atoms with Crippen LogP contribution in [0.15, 0.2) is 77.7 Å². The summed E-state index contributed by atoms with van der Waals surface area (Å²) in [4.78, 5) is 25.8. The van der Waals surface area contributed by atoms with E-state index in [0.29, 0.717) is 23.4 Å². The van der Waals surface area contributed by atoms with Crippen molar-refractivity contribution in [3.63, 3.8) is 0 Å². The Kier molecular flexibility index (Phi) is 7.09. The van der Waals surface area contributed by atoms with Gasteiger partial charge >= 0.3 is 5.97 Å². The van der Waals surface area contributed by atoms with Crippen LogP contribution in [0.1, 0.15) is 38.8 Å². The predicted molar refractivity (Wildman–Crippen MR) is 118 cm³/mol. The van der Waals surface area contributed by atoms with E-state index in [1.165, 1.54) is 4.90 Å². The number of hydrogen-bond acceptors (Lipinski definition) is 4. The van der Waals surface area contributed by atoms with Crippen LogP contribution in [0.25, 0.3) is 0 Å². The fourth-order valence-corrected chi connectivity index (χ4v) is 3.60. The van der Waals surface area contributed by atoms with Crippen LogP contribution in [-0.2, 0) is 10.5 Å². The van der Waals surface area contributed by atoms with Gasteiger partial charge in [0.15, 0.2) is 0 Å². The van der Waals surface area contributed by atoms with Crippen molar-refractivity contribution in [2.75, 3.05) is 11.9 Å². The quantitative estimate of drug-likeness (QED) is 0.404. The molecule has 148 valence electrons. The molecule has 0 bridgehead atoms. The minimum absolute atomic E-state index is 0.212. The van der Waals surface area contributed by atoms with E-state index in [1.54, 1.807) is 36.9 Å². The van der Waals surface area contributed by atoms with Gasteiger partial charge in [-0.1, -0.05) is 36.4 Å². The molecule has 0 spiro atoms. The summed E-state index contributed by atoms with van der Waals surface area (Å²) in [7, 11) is 0. The average Bonchev–Trinajstić information content (AvgIpc) is 2.75. The van der Waals surface area contributed by atoms with E-state index in [4.69, 9.17) is 4.74 Å². The fraction of sp³-hybridized carbons (Fsp3) is 0.167. The van der Waals surface area contributed by atoms with Crippen molar-refractivity contribution in [2.24, 2.45) is 0 Å². The number of aryl methyl sites for hydroxylation is 1. The number of thioether (sulfide) groups is 1. The molecule has 0 unspecified atom stereocenters. The summed E-state index contributed by atoms with van der Waals surface area (Å²) in [5.74, 6) is 0.228. The molecule has 0 atom stereocenters. The Bertz CT molecular complexity index is 985. The zero-order valence-corrected chi connectivity index (χ0v) is 17.3. The molecule has 0 aliphatic heterocycles. The number of carbonyl (C=O) groups excluding carboxylic acids is 2. The molecule has 3 aromatic rings. The molecule has 4 nitrogen and oxygen atoms in total. The van der Waals surface area contributed by atoms with Crippen LogP contribution < -0.4 is 5.32 Å². The fourth-order valence-electron chi connectivity index (χ4n) is 2.73. The van der Waals surface area contributed by atoms with Gasteiger partial charge in [0.1, 0.15) is 0 Å². The Morgan fingerprint density at radius 2 is 1.62 bits per heavy atom. The van der Waals surface area contributed by atoms with Gasteiger partial charge in [-0.25, -0.2) is 4.79 Å². The van der Waals surface area contributed by atoms with Gasteiger partial charge < -0.3 is 10.1 Å². The molecule has 29 heavy (non-hydrogen) atoms. The maximum Gasteiger partial charge on any atom is 0.338 e. The molecule has 0 heterocycles. The van der Waals surface area contributed by atoms with Gasteiger partial charge in [0, 0.05) is 21.9 Å². The van der Waals surface area contributed by atoms with Gasteiger partial charge in [-0.3, -0.25) is 4.79 Å². The summed E-state index contributed by atoms with van der Waals surface area (Å²) in [6.45, 7) is 3.95. The van der Waals surface area contributed by atoms with Gasteiger partial charge in [-0.15, -0.1) is 11.8 Å². The van der Waals surface area contributed by atoms with Gasteiger partial charge in [0.05, 0.1) is 12.2 Å². The van der Waals surface area contributed by atoms with E-state index in [0.717, 1.165) is 16.9 Å². The Hall–Kier alpha value is -3.05. The maximum absolute atomic E-state index is 12.6. The number of hydrogen-bond donors (Lipinski definition) is 1. The highest BCUT2D eigenvalue weighted by molar-refractivity contribution is 7.98. The first-order valence-corrected chi connectivity index (χ1v) is 10.4. The molecule has 0 aromatic heterocycles. The zero-order valence-electron chi connectivity index (χ0n) is 16.5. The number of nitrogens with one attached hydrogen (secondary N) is 1. The SMILES string of the molecule is CCOC(=O)c1ccc(C)c(NC(=O)c2ccc(CSc3ccccc3)cc2)c1. The standard InChI is InChI=1S/C24H23NO3S/c1-3-28-24(27)20-12-9-17(2)22(15-20)25-23(26)19-13-10-18(11-14-19)16-29-21-7-5-4-6-8-21/h4-15H,3,16H2,1-2H3,(H,25,26). The molecule has 1 N–H and O–H groups in total. The predicted octanol–water partition coefficient (Wildman–Crippen LogP) is 5.72. The number of ether oxygens (including phenoxy) is 1. The Morgan fingerprint density at radius 1 is 0.931 bits per heavy atom. The first kappa shape index (κ1) is 20.7. The summed E-state index contributed by atoms with van der Waals surface area (Å²) >= 11 is 1.76. The third kappa shape index (κ3) is 5.72. The molecule has 0 saturated carbocycles. The molecule has 0 fully saturated rings. The first-order valence-electron chi connectivity index (χ1n) is 9.42. The highest BCUT2D eigenvalue weighted by atomic mass is 32.2. The van der Waals surface area contributed by atoms with Crippen molar-refractivity contribution in [1.82, 2.24) is 0 Å². The average molecular weight is 406 g/mol. The molecule has 0 aliphatic carbocycles. The first-order chi connectivity index (χ1) is 14.1. The number of esters is 1. The Balaban J connectivity index is 1.65. The van der Waals surface area contributed by atoms with Crippen molar-refractivity contribution in [3.05, 3.63) is 95.1 Å².